The Bertz CT molecular complexity index is 829. The van der Waals surface area contributed by atoms with Gasteiger partial charge in [0.1, 0.15) is 5.82 Å². The van der Waals surface area contributed by atoms with Crippen molar-refractivity contribution in [2.24, 2.45) is 0 Å². The molecule has 1 aromatic heterocycles. The van der Waals surface area contributed by atoms with Crippen molar-refractivity contribution in [1.29, 1.82) is 0 Å². The van der Waals surface area contributed by atoms with E-state index in [4.69, 9.17) is 14.2 Å². The maximum Gasteiger partial charge on any atom is 0.203 e. The van der Waals surface area contributed by atoms with Crippen molar-refractivity contribution in [2.75, 3.05) is 26.6 Å². The summed E-state index contributed by atoms with van der Waals surface area (Å²) in [5.74, 6) is 2.33. The van der Waals surface area contributed by atoms with Gasteiger partial charge in [0.15, 0.2) is 11.5 Å². The number of hydrogen-bond acceptors (Lipinski definition) is 6. The molecule has 1 heterocycles. The lowest BCUT2D eigenvalue weighted by molar-refractivity contribution is 0.324. The zero-order valence-electron chi connectivity index (χ0n) is 14.3. The Kier molecular flexibility index (Phi) is 4.99. The van der Waals surface area contributed by atoms with E-state index >= 15 is 0 Å². The minimum atomic E-state index is 0.542. The zero-order chi connectivity index (χ0) is 17.6. The van der Waals surface area contributed by atoms with Crippen LogP contribution in [0, 0.1) is 0 Å². The fraction of sp³-hybridized carbons (Fsp3) is 0.158. The van der Waals surface area contributed by atoms with Crippen LogP contribution < -0.4 is 19.5 Å². The largest absolute Gasteiger partial charge is 0.493 e. The Morgan fingerprint density at radius 3 is 2.12 bits per heavy atom. The highest BCUT2D eigenvalue weighted by molar-refractivity contribution is 5.69. The van der Waals surface area contributed by atoms with E-state index < -0.39 is 0 Å². The standard InChI is InChI=1S/C19H19N3O3/c1-23-16-9-13(10-17(24-2)19(16)25-3)15-11-20-12-18(22-15)21-14-7-5-4-6-8-14/h4-12H,1-3H3,(H,21,22). The molecule has 0 bridgehead atoms. The summed E-state index contributed by atoms with van der Waals surface area (Å²) in [7, 11) is 4.74. The number of aromatic nitrogens is 2. The lowest BCUT2D eigenvalue weighted by Crippen LogP contribution is -1.98. The molecule has 3 aromatic rings. The third-order valence-electron chi connectivity index (χ3n) is 3.64. The Morgan fingerprint density at radius 2 is 1.52 bits per heavy atom. The quantitative estimate of drug-likeness (QED) is 0.735. The van der Waals surface area contributed by atoms with E-state index in [1.54, 1.807) is 33.7 Å². The highest BCUT2D eigenvalue weighted by Gasteiger charge is 2.15. The van der Waals surface area contributed by atoms with E-state index in [1.165, 1.54) is 0 Å². The Hall–Kier alpha value is -3.28. The van der Waals surface area contributed by atoms with Gasteiger partial charge >= 0.3 is 0 Å². The van der Waals surface area contributed by atoms with Crippen molar-refractivity contribution >= 4 is 11.5 Å². The van der Waals surface area contributed by atoms with Crippen molar-refractivity contribution in [3.05, 3.63) is 54.9 Å². The smallest absolute Gasteiger partial charge is 0.203 e. The Labute approximate surface area is 146 Å². The fourth-order valence-electron chi connectivity index (χ4n) is 2.46. The topological polar surface area (TPSA) is 65.5 Å². The number of nitrogens with one attached hydrogen (secondary N) is 1. The number of para-hydroxylation sites is 1. The fourth-order valence-corrected chi connectivity index (χ4v) is 2.46. The Balaban J connectivity index is 1.98. The van der Waals surface area contributed by atoms with Crippen LogP contribution in [0.15, 0.2) is 54.9 Å². The summed E-state index contributed by atoms with van der Waals surface area (Å²) >= 11 is 0. The normalized spacial score (nSPS) is 10.2. The summed E-state index contributed by atoms with van der Waals surface area (Å²) in [6.45, 7) is 0. The highest BCUT2D eigenvalue weighted by Crippen LogP contribution is 2.40. The molecule has 0 fully saturated rings. The van der Waals surface area contributed by atoms with Gasteiger partial charge in [0.2, 0.25) is 5.75 Å². The van der Waals surface area contributed by atoms with Gasteiger partial charge in [-0.25, -0.2) is 4.98 Å². The third kappa shape index (κ3) is 3.63. The lowest BCUT2D eigenvalue weighted by atomic mass is 10.1. The number of hydrogen-bond donors (Lipinski definition) is 1. The van der Waals surface area contributed by atoms with Crippen LogP contribution in [0.4, 0.5) is 11.5 Å². The van der Waals surface area contributed by atoms with E-state index in [9.17, 15) is 0 Å². The maximum atomic E-state index is 5.40. The minimum absolute atomic E-state index is 0.542. The van der Waals surface area contributed by atoms with Crippen LogP contribution in [0.3, 0.4) is 0 Å². The van der Waals surface area contributed by atoms with Crippen LogP contribution in [-0.2, 0) is 0 Å². The molecule has 0 aliphatic heterocycles. The van der Waals surface area contributed by atoms with E-state index in [0.717, 1.165) is 11.3 Å². The molecule has 0 saturated carbocycles. The summed E-state index contributed by atoms with van der Waals surface area (Å²) in [5.41, 5.74) is 2.46. The molecule has 0 aliphatic carbocycles. The molecule has 0 spiro atoms. The molecular formula is C19H19N3O3. The van der Waals surface area contributed by atoms with Gasteiger partial charge in [0.05, 0.1) is 39.4 Å². The van der Waals surface area contributed by atoms with Gasteiger partial charge in [-0.1, -0.05) is 18.2 Å². The molecule has 0 radical (unpaired) electrons. The number of nitrogens with zero attached hydrogens (tertiary/aromatic N) is 2. The Morgan fingerprint density at radius 1 is 0.840 bits per heavy atom. The molecule has 6 heteroatoms. The van der Waals surface area contributed by atoms with Gasteiger partial charge in [-0.3, -0.25) is 4.98 Å². The van der Waals surface area contributed by atoms with Crippen LogP contribution >= 0.6 is 0 Å². The van der Waals surface area contributed by atoms with E-state index in [0.29, 0.717) is 28.8 Å². The monoisotopic (exact) mass is 337 g/mol. The molecule has 1 N–H and O–H groups in total. The molecule has 25 heavy (non-hydrogen) atoms. The SMILES string of the molecule is COc1cc(-c2cncc(Nc3ccccc3)n2)cc(OC)c1OC. The summed E-state index contributed by atoms with van der Waals surface area (Å²) in [6, 6.07) is 13.5. The average Bonchev–Trinajstić information content (AvgIpc) is 2.67. The number of anilines is 2. The molecule has 0 saturated heterocycles. The zero-order valence-corrected chi connectivity index (χ0v) is 14.3. The van der Waals surface area contributed by atoms with Gasteiger partial charge in [-0.05, 0) is 24.3 Å². The van der Waals surface area contributed by atoms with Gasteiger partial charge in [-0.15, -0.1) is 0 Å². The second kappa shape index (κ2) is 7.53. The number of benzene rings is 2. The van der Waals surface area contributed by atoms with Crippen molar-refractivity contribution in [3.8, 4) is 28.5 Å². The van der Waals surface area contributed by atoms with Crippen molar-refractivity contribution in [1.82, 2.24) is 9.97 Å². The molecule has 2 aromatic carbocycles. The summed E-state index contributed by atoms with van der Waals surface area (Å²) < 4.78 is 16.1. The summed E-state index contributed by atoms with van der Waals surface area (Å²) in [4.78, 5) is 8.89. The number of ether oxygens (including phenoxy) is 3. The van der Waals surface area contributed by atoms with E-state index in [1.807, 2.05) is 42.5 Å². The predicted molar refractivity (Wildman–Crippen MR) is 96.8 cm³/mol. The van der Waals surface area contributed by atoms with Gasteiger partial charge < -0.3 is 19.5 Å². The average molecular weight is 337 g/mol. The van der Waals surface area contributed by atoms with E-state index in [-0.39, 0.29) is 0 Å². The summed E-state index contributed by atoms with van der Waals surface area (Å²) in [5, 5.41) is 3.23. The second-order valence-corrected chi connectivity index (χ2v) is 5.19. The maximum absolute atomic E-state index is 5.40. The molecule has 0 aliphatic rings. The number of methoxy groups -OCH3 is 3. The van der Waals surface area contributed by atoms with Crippen LogP contribution in [0.2, 0.25) is 0 Å². The molecule has 6 nitrogen and oxygen atoms in total. The molecule has 3 rings (SSSR count). The summed E-state index contributed by atoms with van der Waals surface area (Å²) in [6.07, 6.45) is 3.37. The first-order chi connectivity index (χ1) is 12.2. The third-order valence-corrected chi connectivity index (χ3v) is 3.64. The minimum Gasteiger partial charge on any atom is -0.493 e. The van der Waals surface area contributed by atoms with Crippen molar-refractivity contribution in [3.63, 3.8) is 0 Å². The first-order valence-electron chi connectivity index (χ1n) is 7.69. The molecule has 0 amide bonds. The first-order valence-corrected chi connectivity index (χ1v) is 7.69. The predicted octanol–water partition coefficient (Wildman–Crippen LogP) is 3.91. The van der Waals surface area contributed by atoms with Crippen LogP contribution in [-0.4, -0.2) is 31.3 Å². The van der Waals surface area contributed by atoms with Crippen LogP contribution in [0.5, 0.6) is 17.2 Å². The van der Waals surface area contributed by atoms with Crippen LogP contribution in [0.25, 0.3) is 11.3 Å². The first kappa shape index (κ1) is 16.6. The second-order valence-electron chi connectivity index (χ2n) is 5.19. The molecule has 128 valence electrons. The van der Waals surface area contributed by atoms with Gasteiger partial charge in [-0.2, -0.15) is 0 Å². The number of rotatable bonds is 6. The van der Waals surface area contributed by atoms with Crippen molar-refractivity contribution in [2.45, 2.75) is 0 Å². The molecule has 0 atom stereocenters. The van der Waals surface area contributed by atoms with Crippen molar-refractivity contribution < 1.29 is 14.2 Å². The van der Waals surface area contributed by atoms with Gasteiger partial charge in [0, 0.05) is 11.3 Å². The van der Waals surface area contributed by atoms with Gasteiger partial charge in [0.25, 0.3) is 0 Å². The molecular weight excluding hydrogens is 318 g/mol. The highest BCUT2D eigenvalue weighted by atomic mass is 16.5. The van der Waals surface area contributed by atoms with E-state index in [2.05, 4.69) is 15.3 Å². The molecule has 0 unspecified atom stereocenters. The van der Waals surface area contributed by atoms with Crippen LogP contribution in [0.1, 0.15) is 0 Å². The lowest BCUT2D eigenvalue weighted by Gasteiger charge is -2.14.